The number of ether oxygens (including phenoxy) is 1. The molecule has 1 rings (SSSR count). The lowest BCUT2D eigenvalue weighted by atomic mass is 10.1. The fourth-order valence-corrected chi connectivity index (χ4v) is 2.50. The molecule has 0 saturated carbocycles. The first-order valence-corrected chi connectivity index (χ1v) is 8.13. The van der Waals surface area contributed by atoms with Crippen molar-refractivity contribution in [2.24, 2.45) is 5.92 Å². The molecule has 1 N–H and O–H groups in total. The molecule has 2 nitrogen and oxygen atoms in total. The van der Waals surface area contributed by atoms with Gasteiger partial charge in [0.1, 0.15) is 5.75 Å². The van der Waals surface area contributed by atoms with Crippen LogP contribution in [0.1, 0.15) is 45.6 Å². The summed E-state index contributed by atoms with van der Waals surface area (Å²) in [5, 5.41) is 3.43. The van der Waals surface area contributed by atoms with E-state index >= 15 is 0 Å². The molecule has 0 atom stereocenters. The lowest BCUT2D eigenvalue weighted by molar-refractivity contribution is 0.237. The van der Waals surface area contributed by atoms with Crippen molar-refractivity contribution < 1.29 is 4.74 Å². The minimum atomic E-state index is 0.642. The number of hydrogen-bond donors (Lipinski definition) is 1. The van der Waals surface area contributed by atoms with Gasteiger partial charge in [0.2, 0.25) is 0 Å². The standard InChI is InChI=1S/C16H26BrNO/c1-4-10-18-11-14-8-7-9-15(17)16(14)19-12-13(5-2)6-3/h7-9,13,18H,4-6,10-12H2,1-3H3. The molecule has 1 aromatic rings. The van der Waals surface area contributed by atoms with E-state index in [2.05, 4.69) is 54.2 Å². The second-order valence-corrected chi connectivity index (χ2v) is 5.75. The molecule has 0 aliphatic heterocycles. The quantitative estimate of drug-likeness (QED) is 0.660. The molecule has 108 valence electrons. The Kier molecular flexibility index (Phi) is 8.15. The summed E-state index contributed by atoms with van der Waals surface area (Å²) in [6, 6.07) is 6.25. The highest BCUT2D eigenvalue weighted by molar-refractivity contribution is 9.10. The number of nitrogens with one attached hydrogen (secondary N) is 1. The van der Waals surface area contributed by atoms with Gasteiger partial charge in [0.05, 0.1) is 11.1 Å². The highest BCUT2D eigenvalue weighted by Crippen LogP contribution is 2.30. The van der Waals surface area contributed by atoms with Crippen LogP contribution < -0.4 is 10.1 Å². The van der Waals surface area contributed by atoms with Crippen LogP contribution in [0.4, 0.5) is 0 Å². The van der Waals surface area contributed by atoms with E-state index in [1.165, 1.54) is 18.4 Å². The zero-order valence-corrected chi connectivity index (χ0v) is 13.9. The maximum absolute atomic E-state index is 6.06. The van der Waals surface area contributed by atoms with E-state index in [4.69, 9.17) is 4.74 Å². The van der Waals surface area contributed by atoms with Crippen LogP contribution in [0.15, 0.2) is 22.7 Å². The van der Waals surface area contributed by atoms with Gasteiger partial charge in [-0.25, -0.2) is 0 Å². The smallest absolute Gasteiger partial charge is 0.137 e. The Balaban J connectivity index is 2.68. The summed E-state index contributed by atoms with van der Waals surface area (Å²) in [5.74, 6) is 1.64. The van der Waals surface area contributed by atoms with Gasteiger partial charge < -0.3 is 10.1 Å². The lowest BCUT2D eigenvalue weighted by Gasteiger charge is -2.17. The maximum atomic E-state index is 6.06. The Labute approximate surface area is 126 Å². The minimum Gasteiger partial charge on any atom is -0.492 e. The van der Waals surface area contributed by atoms with Crippen molar-refractivity contribution in [3.8, 4) is 5.75 Å². The number of halogens is 1. The van der Waals surface area contributed by atoms with Crippen molar-refractivity contribution in [3.63, 3.8) is 0 Å². The maximum Gasteiger partial charge on any atom is 0.137 e. The van der Waals surface area contributed by atoms with Crippen LogP contribution in [-0.4, -0.2) is 13.2 Å². The number of benzene rings is 1. The summed E-state index contributed by atoms with van der Waals surface area (Å²) in [5.41, 5.74) is 1.23. The van der Waals surface area contributed by atoms with Crippen molar-refractivity contribution in [2.45, 2.75) is 46.6 Å². The van der Waals surface area contributed by atoms with E-state index in [1.807, 2.05) is 6.07 Å². The van der Waals surface area contributed by atoms with Crippen LogP contribution in [0.25, 0.3) is 0 Å². The molecule has 0 spiro atoms. The fraction of sp³-hybridized carbons (Fsp3) is 0.625. The van der Waals surface area contributed by atoms with Crippen molar-refractivity contribution in [2.75, 3.05) is 13.2 Å². The summed E-state index contributed by atoms with van der Waals surface area (Å²) in [6.45, 7) is 9.33. The van der Waals surface area contributed by atoms with Crippen LogP contribution in [0.5, 0.6) is 5.75 Å². The Morgan fingerprint density at radius 3 is 2.58 bits per heavy atom. The van der Waals surface area contributed by atoms with Crippen molar-refractivity contribution in [1.82, 2.24) is 5.32 Å². The second-order valence-electron chi connectivity index (χ2n) is 4.90. The monoisotopic (exact) mass is 327 g/mol. The molecule has 0 aromatic heterocycles. The number of rotatable bonds is 9. The third kappa shape index (κ3) is 5.53. The molecule has 0 saturated heterocycles. The van der Waals surface area contributed by atoms with Crippen LogP contribution >= 0.6 is 15.9 Å². The highest BCUT2D eigenvalue weighted by atomic mass is 79.9. The van der Waals surface area contributed by atoms with Crippen LogP contribution in [-0.2, 0) is 6.54 Å². The van der Waals surface area contributed by atoms with Gasteiger partial charge in [-0.1, -0.05) is 45.7 Å². The van der Waals surface area contributed by atoms with Crippen molar-refractivity contribution >= 4 is 15.9 Å². The summed E-state index contributed by atoms with van der Waals surface area (Å²) < 4.78 is 7.11. The fourth-order valence-electron chi connectivity index (χ4n) is 1.98. The number of hydrogen-bond acceptors (Lipinski definition) is 2. The molecule has 1 aromatic carbocycles. The summed E-state index contributed by atoms with van der Waals surface area (Å²) in [6.07, 6.45) is 3.49. The van der Waals surface area contributed by atoms with E-state index in [-0.39, 0.29) is 0 Å². The molecule has 19 heavy (non-hydrogen) atoms. The topological polar surface area (TPSA) is 21.3 Å². The molecule has 0 aliphatic carbocycles. The molecule has 0 amide bonds. The van der Waals surface area contributed by atoms with Gasteiger partial charge in [0.25, 0.3) is 0 Å². The SMILES string of the molecule is CCCNCc1cccc(Br)c1OCC(CC)CC. The van der Waals surface area contributed by atoms with Gasteiger partial charge in [-0.2, -0.15) is 0 Å². The first-order chi connectivity index (χ1) is 9.22. The van der Waals surface area contributed by atoms with Gasteiger partial charge in [0, 0.05) is 12.1 Å². The third-order valence-corrected chi connectivity index (χ3v) is 4.03. The third-order valence-electron chi connectivity index (χ3n) is 3.41. The Hall–Kier alpha value is -0.540. The van der Waals surface area contributed by atoms with Crippen LogP contribution in [0.3, 0.4) is 0 Å². The van der Waals surface area contributed by atoms with Gasteiger partial charge in [-0.15, -0.1) is 0 Å². The van der Waals surface area contributed by atoms with Gasteiger partial charge in [0.15, 0.2) is 0 Å². The molecule has 0 heterocycles. The van der Waals surface area contributed by atoms with E-state index in [0.29, 0.717) is 5.92 Å². The molecular formula is C16H26BrNO. The van der Waals surface area contributed by atoms with Gasteiger partial charge in [-0.3, -0.25) is 0 Å². The van der Waals surface area contributed by atoms with E-state index in [1.54, 1.807) is 0 Å². The molecule has 0 radical (unpaired) electrons. The predicted molar refractivity (Wildman–Crippen MR) is 85.7 cm³/mol. The second kappa shape index (κ2) is 9.38. The molecule has 0 aliphatic rings. The first-order valence-electron chi connectivity index (χ1n) is 7.33. The molecule has 0 fully saturated rings. The molecule has 3 heteroatoms. The predicted octanol–water partition coefficient (Wildman–Crippen LogP) is 4.76. The minimum absolute atomic E-state index is 0.642. The molecular weight excluding hydrogens is 302 g/mol. The van der Waals surface area contributed by atoms with E-state index < -0.39 is 0 Å². The highest BCUT2D eigenvalue weighted by Gasteiger charge is 2.10. The van der Waals surface area contributed by atoms with Crippen molar-refractivity contribution in [3.05, 3.63) is 28.2 Å². The normalized spacial score (nSPS) is 11.0. The first kappa shape index (κ1) is 16.5. The average molecular weight is 328 g/mol. The van der Waals surface area contributed by atoms with Crippen LogP contribution in [0.2, 0.25) is 0 Å². The summed E-state index contributed by atoms with van der Waals surface area (Å²) in [7, 11) is 0. The van der Waals surface area contributed by atoms with Gasteiger partial charge in [-0.05, 0) is 40.9 Å². The molecule has 0 bridgehead atoms. The van der Waals surface area contributed by atoms with Crippen LogP contribution in [0, 0.1) is 5.92 Å². The zero-order valence-electron chi connectivity index (χ0n) is 12.3. The Bertz CT molecular complexity index is 364. The Morgan fingerprint density at radius 2 is 1.95 bits per heavy atom. The average Bonchev–Trinajstić information content (AvgIpc) is 2.42. The van der Waals surface area contributed by atoms with E-state index in [9.17, 15) is 0 Å². The lowest BCUT2D eigenvalue weighted by Crippen LogP contribution is -2.16. The van der Waals surface area contributed by atoms with Gasteiger partial charge >= 0.3 is 0 Å². The van der Waals surface area contributed by atoms with E-state index in [0.717, 1.165) is 36.3 Å². The zero-order chi connectivity index (χ0) is 14.1. The van der Waals surface area contributed by atoms with Crippen molar-refractivity contribution in [1.29, 1.82) is 0 Å². The summed E-state index contributed by atoms with van der Waals surface area (Å²) in [4.78, 5) is 0. The largest absolute Gasteiger partial charge is 0.492 e. The number of para-hydroxylation sites is 1. The summed E-state index contributed by atoms with van der Waals surface area (Å²) >= 11 is 3.60. The molecule has 0 unspecified atom stereocenters. The Morgan fingerprint density at radius 1 is 1.21 bits per heavy atom.